The zero-order valence-electron chi connectivity index (χ0n) is 58.6. The number of phosphoric acid groups is 1. The van der Waals surface area contributed by atoms with Crippen LogP contribution in [0.1, 0.15) is 399 Å². The number of aliphatic hydroxyl groups excluding tert-OH is 1. The lowest BCUT2D eigenvalue weighted by atomic mass is 10.0. The number of hydrogen-bond acceptors (Lipinski definition) is 5. The van der Waals surface area contributed by atoms with Crippen LogP contribution in [0, 0.1) is 0 Å². The molecule has 510 valence electrons. The van der Waals surface area contributed by atoms with Gasteiger partial charge < -0.3 is 19.8 Å². The van der Waals surface area contributed by atoms with Crippen LogP contribution < -0.4 is 5.32 Å². The molecule has 0 aliphatic heterocycles. The Kier molecular flexibility index (Phi) is 67.1. The second kappa shape index (κ2) is 68.1. The van der Waals surface area contributed by atoms with Gasteiger partial charge in [-0.3, -0.25) is 13.8 Å². The highest BCUT2D eigenvalue weighted by atomic mass is 31.2. The van der Waals surface area contributed by atoms with Gasteiger partial charge in [-0.1, -0.05) is 371 Å². The fraction of sp³-hybridized carbons (Fsp3) is 0.909. The second-order valence-electron chi connectivity index (χ2n) is 27.7. The third-order valence-corrected chi connectivity index (χ3v) is 18.8. The van der Waals surface area contributed by atoms with Gasteiger partial charge in [0, 0.05) is 6.42 Å². The number of nitrogens with one attached hydrogen (secondary N) is 1. The van der Waals surface area contributed by atoms with E-state index in [9.17, 15) is 19.4 Å². The van der Waals surface area contributed by atoms with Crippen molar-refractivity contribution in [3.8, 4) is 0 Å². The fourth-order valence-electron chi connectivity index (χ4n) is 11.9. The highest BCUT2D eigenvalue weighted by Gasteiger charge is 2.28. The van der Waals surface area contributed by atoms with Gasteiger partial charge in [0.1, 0.15) is 13.2 Å². The quantitative estimate of drug-likeness (QED) is 0.0243. The van der Waals surface area contributed by atoms with Crippen LogP contribution in [0.4, 0.5) is 0 Å². The van der Waals surface area contributed by atoms with E-state index in [0.717, 1.165) is 38.5 Å². The third kappa shape index (κ3) is 70.2. The highest BCUT2D eigenvalue weighted by molar-refractivity contribution is 7.47. The van der Waals surface area contributed by atoms with Gasteiger partial charge in [0.25, 0.3) is 0 Å². The summed E-state index contributed by atoms with van der Waals surface area (Å²) in [6, 6.07) is -0.864. The maximum atomic E-state index is 13.1. The maximum absolute atomic E-state index is 13.1. The van der Waals surface area contributed by atoms with Gasteiger partial charge >= 0.3 is 7.82 Å². The number of likely N-dealkylation sites (N-methyl/N-ethyl adjacent to an activating group) is 1. The van der Waals surface area contributed by atoms with E-state index in [4.69, 9.17) is 9.05 Å². The van der Waals surface area contributed by atoms with Crippen molar-refractivity contribution in [2.45, 2.75) is 411 Å². The van der Waals surface area contributed by atoms with Gasteiger partial charge in [0.05, 0.1) is 39.9 Å². The molecule has 8 nitrogen and oxygen atoms in total. The molecule has 3 N–H and O–H groups in total. The number of rotatable bonds is 72. The zero-order valence-corrected chi connectivity index (χ0v) is 59.5. The number of allylic oxidation sites excluding steroid dienone is 5. The number of unbranched alkanes of at least 4 members (excludes halogenated alkanes) is 55. The second-order valence-corrected chi connectivity index (χ2v) is 29.2. The van der Waals surface area contributed by atoms with Crippen LogP contribution in [0.15, 0.2) is 36.5 Å². The molecule has 0 aromatic heterocycles. The van der Waals surface area contributed by atoms with E-state index >= 15 is 0 Å². The summed E-state index contributed by atoms with van der Waals surface area (Å²) in [7, 11) is 1.57. The molecule has 3 atom stereocenters. The Balaban J connectivity index is 4.01. The van der Waals surface area contributed by atoms with Crippen molar-refractivity contribution >= 4 is 13.7 Å². The van der Waals surface area contributed by atoms with E-state index in [1.165, 1.54) is 340 Å². The molecule has 0 spiro atoms. The number of amides is 1. The van der Waals surface area contributed by atoms with E-state index in [1.807, 2.05) is 27.2 Å². The van der Waals surface area contributed by atoms with Crippen LogP contribution >= 0.6 is 7.82 Å². The lowest BCUT2D eigenvalue weighted by Gasteiger charge is -2.25. The average molecular weight is 1230 g/mol. The SMILES string of the molecule is CCCCCCCCCC/C=C\CCCCCCCCCCCCCCCCCCCCCCCC(=O)NC(COP(=O)(O)OCC[N+](C)(C)C)C(O)/C=C/CC/C=C/CCCCCCCCCCCCCCCCCCCCCCCCCCC. The fourth-order valence-corrected chi connectivity index (χ4v) is 12.6. The van der Waals surface area contributed by atoms with Crippen LogP contribution in [0.5, 0.6) is 0 Å². The van der Waals surface area contributed by atoms with Crippen molar-refractivity contribution in [2.24, 2.45) is 0 Å². The summed E-state index contributed by atoms with van der Waals surface area (Å²) in [6.07, 6.45) is 91.9. The summed E-state index contributed by atoms with van der Waals surface area (Å²) in [5, 5.41) is 14.0. The molecule has 0 bridgehead atoms. The van der Waals surface area contributed by atoms with Gasteiger partial charge in [-0.25, -0.2) is 4.57 Å². The summed E-state index contributed by atoms with van der Waals surface area (Å²) in [6.45, 7) is 4.86. The van der Waals surface area contributed by atoms with Crippen LogP contribution in [-0.4, -0.2) is 73.4 Å². The zero-order chi connectivity index (χ0) is 62.6. The summed E-state index contributed by atoms with van der Waals surface area (Å²) >= 11 is 0. The monoisotopic (exact) mass is 1230 g/mol. The van der Waals surface area contributed by atoms with Gasteiger partial charge in [0.2, 0.25) is 5.91 Å². The minimum absolute atomic E-state index is 0.0583. The normalized spacial score (nSPS) is 13.7. The molecule has 86 heavy (non-hydrogen) atoms. The van der Waals surface area contributed by atoms with Crippen molar-refractivity contribution < 1.29 is 32.9 Å². The number of carbonyl (C=O) groups is 1. The van der Waals surface area contributed by atoms with Gasteiger partial charge in [-0.05, 0) is 57.8 Å². The topological polar surface area (TPSA) is 105 Å². The first-order valence-corrected chi connectivity index (χ1v) is 39.9. The van der Waals surface area contributed by atoms with Crippen molar-refractivity contribution in [1.29, 1.82) is 0 Å². The predicted octanol–water partition coefficient (Wildman–Crippen LogP) is 24.8. The highest BCUT2D eigenvalue weighted by Crippen LogP contribution is 2.43. The third-order valence-electron chi connectivity index (χ3n) is 17.8. The molecule has 9 heteroatoms. The number of aliphatic hydroxyl groups is 1. The molecule has 1 amide bonds. The molecule has 0 aromatic carbocycles. The van der Waals surface area contributed by atoms with Crippen LogP contribution in [-0.2, 0) is 18.4 Å². The van der Waals surface area contributed by atoms with E-state index in [1.54, 1.807) is 6.08 Å². The summed E-state index contributed by atoms with van der Waals surface area (Å²) in [5.41, 5.74) is 0. The molecule has 3 unspecified atom stereocenters. The molecular formula is C77H152N2O6P+. The minimum Gasteiger partial charge on any atom is -0.387 e. The van der Waals surface area contributed by atoms with Gasteiger partial charge in [-0.2, -0.15) is 0 Å². The van der Waals surface area contributed by atoms with E-state index in [0.29, 0.717) is 17.4 Å². The Morgan fingerprint density at radius 2 is 0.640 bits per heavy atom. The van der Waals surface area contributed by atoms with Gasteiger partial charge in [-0.15, -0.1) is 0 Å². The van der Waals surface area contributed by atoms with Crippen molar-refractivity contribution in [3.05, 3.63) is 36.5 Å². The molecule has 0 aliphatic carbocycles. The Bertz CT molecular complexity index is 1500. The molecular weight excluding hydrogens is 1080 g/mol. The lowest BCUT2D eigenvalue weighted by molar-refractivity contribution is -0.870. The molecule has 0 radical (unpaired) electrons. The summed E-state index contributed by atoms with van der Waals surface area (Å²) in [5.74, 6) is -0.178. The van der Waals surface area contributed by atoms with Gasteiger partial charge in [0.15, 0.2) is 0 Å². The molecule has 0 aromatic rings. The van der Waals surface area contributed by atoms with Crippen LogP contribution in [0.3, 0.4) is 0 Å². The van der Waals surface area contributed by atoms with Crippen LogP contribution in [0.2, 0.25) is 0 Å². The Morgan fingerprint density at radius 1 is 0.384 bits per heavy atom. The Hall–Kier alpha value is -1.28. The molecule has 0 saturated heterocycles. The first-order valence-electron chi connectivity index (χ1n) is 38.4. The number of hydrogen-bond donors (Lipinski definition) is 3. The minimum atomic E-state index is -4.36. The number of carbonyl (C=O) groups excluding carboxylic acids is 1. The molecule has 0 heterocycles. The van der Waals surface area contributed by atoms with Crippen molar-refractivity contribution in [3.63, 3.8) is 0 Å². The summed E-state index contributed by atoms with van der Waals surface area (Å²) < 4.78 is 23.8. The lowest BCUT2D eigenvalue weighted by Crippen LogP contribution is -2.45. The van der Waals surface area contributed by atoms with E-state index < -0.39 is 20.0 Å². The molecule has 0 aliphatic rings. The largest absolute Gasteiger partial charge is 0.472 e. The molecule has 0 rings (SSSR count). The van der Waals surface area contributed by atoms with Crippen molar-refractivity contribution in [1.82, 2.24) is 5.32 Å². The number of quaternary nitrogens is 1. The molecule has 0 saturated carbocycles. The Morgan fingerprint density at radius 3 is 0.930 bits per heavy atom. The summed E-state index contributed by atoms with van der Waals surface area (Å²) in [4.78, 5) is 23.5. The van der Waals surface area contributed by atoms with Crippen molar-refractivity contribution in [2.75, 3.05) is 40.9 Å². The van der Waals surface area contributed by atoms with E-state index in [2.05, 4.69) is 43.5 Å². The first-order chi connectivity index (χ1) is 42.0. The standard InChI is InChI=1S/C77H151N2O6P/c1-6-8-10-12-14-16-18-20-22-24-26-28-30-32-34-36-38-39-41-43-45-47-49-51-53-55-57-59-61-63-65-67-69-71-77(81)78-75(74-85-86(82,83)84-73-72-79(3,4)5)76(80)70-68-66-64-62-60-58-56-54-52-50-48-46-44-42-40-37-35-33-31-29-27-25-23-21-19-17-15-13-11-9-7-2/h24,26,60,62,68,70,75-76,80H,6-23,25,27-59,61,63-67,69,71-74H2,1-5H3,(H-,78,81,82,83)/p+1/b26-24-,62-60+,70-68+. The Labute approximate surface area is 537 Å². The first kappa shape index (κ1) is 84.7. The number of nitrogens with zero attached hydrogens (tertiary/aromatic N) is 1. The average Bonchev–Trinajstić information content (AvgIpc) is 3.70. The van der Waals surface area contributed by atoms with Crippen LogP contribution in [0.25, 0.3) is 0 Å². The van der Waals surface area contributed by atoms with E-state index in [-0.39, 0.29) is 19.1 Å². The maximum Gasteiger partial charge on any atom is 0.472 e. The smallest absolute Gasteiger partial charge is 0.387 e. The predicted molar refractivity (Wildman–Crippen MR) is 378 cm³/mol. The molecule has 0 fully saturated rings. The number of phosphoric ester groups is 1.